The number of hydrogen-bond donors (Lipinski definition) is 2. The van der Waals surface area contributed by atoms with Crippen molar-refractivity contribution in [3.63, 3.8) is 0 Å². The molecule has 2 aromatic carbocycles. The second-order valence-corrected chi connectivity index (χ2v) is 9.79. The monoisotopic (exact) mass is 446 g/mol. The molecular weight excluding hydrogens is 408 g/mol. The Balaban J connectivity index is 1.55. The van der Waals surface area contributed by atoms with Crippen LogP contribution in [0.15, 0.2) is 36.4 Å². The van der Waals surface area contributed by atoms with Crippen LogP contribution in [0.25, 0.3) is 0 Å². The standard InChI is InChI=1S/C26H38O6/c1-25(2,3)19-7-9-23(21(27)17-19)31-15-13-29-11-12-30-14-16-32-24-10-8-20(18-22(24)28)26(4,5)6/h7-10,17-18,27-28H,11-16H2,1-6H3. The van der Waals surface area contributed by atoms with E-state index in [1.165, 1.54) is 0 Å². The van der Waals surface area contributed by atoms with E-state index in [4.69, 9.17) is 18.9 Å². The molecule has 6 nitrogen and oxygen atoms in total. The highest BCUT2D eigenvalue weighted by Crippen LogP contribution is 2.33. The van der Waals surface area contributed by atoms with Gasteiger partial charge in [-0.2, -0.15) is 0 Å². The Morgan fingerprint density at radius 2 is 0.906 bits per heavy atom. The maximum atomic E-state index is 10.1. The van der Waals surface area contributed by atoms with Crippen molar-refractivity contribution in [2.45, 2.75) is 52.4 Å². The first-order valence-corrected chi connectivity index (χ1v) is 11.1. The molecule has 0 saturated carbocycles. The maximum absolute atomic E-state index is 10.1. The highest BCUT2D eigenvalue weighted by Gasteiger charge is 2.16. The van der Waals surface area contributed by atoms with Gasteiger partial charge < -0.3 is 29.2 Å². The number of rotatable bonds is 11. The van der Waals surface area contributed by atoms with E-state index in [-0.39, 0.29) is 22.3 Å². The molecule has 0 heterocycles. The van der Waals surface area contributed by atoms with Crippen LogP contribution in [0.4, 0.5) is 0 Å². The lowest BCUT2D eigenvalue weighted by atomic mass is 9.87. The maximum Gasteiger partial charge on any atom is 0.161 e. The molecule has 0 aromatic heterocycles. The number of phenols is 2. The Hall–Kier alpha value is -2.44. The van der Waals surface area contributed by atoms with E-state index < -0.39 is 0 Å². The molecule has 0 radical (unpaired) electrons. The average molecular weight is 447 g/mol. The summed E-state index contributed by atoms with van der Waals surface area (Å²) in [7, 11) is 0. The van der Waals surface area contributed by atoms with Crippen LogP contribution in [-0.4, -0.2) is 49.9 Å². The minimum absolute atomic E-state index is 0.0264. The average Bonchev–Trinajstić information content (AvgIpc) is 2.69. The predicted octanol–water partition coefficient (Wildman–Crippen LogP) is 5.18. The van der Waals surface area contributed by atoms with E-state index in [0.717, 1.165) is 11.1 Å². The Kier molecular flexibility index (Phi) is 9.22. The highest BCUT2D eigenvalue weighted by molar-refractivity contribution is 5.44. The number of benzene rings is 2. The summed E-state index contributed by atoms with van der Waals surface area (Å²) in [6, 6.07) is 11.0. The third-order valence-electron chi connectivity index (χ3n) is 4.99. The fraction of sp³-hybridized carbons (Fsp3) is 0.538. The summed E-state index contributed by atoms with van der Waals surface area (Å²) in [5.74, 6) is 1.18. The van der Waals surface area contributed by atoms with Gasteiger partial charge in [-0.15, -0.1) is 0 Å². The SMILES string of the molecule is CC(C)(C)c1ccc(OCCOCCOCCOc2ccc(C(C)(C)C)cc2O)c(O)c1. The molecule has 0 atom stereocenters. The molecule has 178 valence electrons. The van der Waals surface area contributed by atoms with Gasteiger partial charge in [0.25, 0.3) is 0 Å². The summed E-state index contributed by atoms with van der Waals surface area (Å²) in [6.07, 6.45) is 0. The first-order valence-electron chi connectivity index (χ1n) is 11.1. The van der Waals surface area contributed by atoms with E-state index >= 15 is 0 Å². The van der Waals surface area contributed by atoms with Gasteiger partial charge in [-0.25, -0.2) is 0 Å². The van der Waals surface area contributed by atoms with Gasteiger partial charge in [-0.05, 0) is 46.2 Å². The number of ether oxygens (including phenoxy) is 4. The number of aromatic hydroxyl groups is 2. The summed E-state index contributed by atoms with van der Waals surface area (Å²) in [5.41, 5.74) is 2.05. The van der Waals surface area contributed by atoms with Crippen molar-refractivity contribution < 1.29 is 29.2 Å². The van der Waals surface area contributed by atoms with Crippen LogP contribution in [0.5, 0.6) is 23.0 Å². The van der Waals surface area contributed by atoms with Gasteiger partial charge in [0.2, 0.25) is 0 Å². The molecule has 0 saturated heterocycles. The molecule has 0 spiro atoms. The van der Waals surface area contributed by atoms with E-state index in [0.29, 0.717) is 51.1 Å². The molecule has 0 aliphatic heterocycles. The van der Waals surface area contributed by atoms with E-state index in [2.05, 4.69) is 41.5 Å². The topological polar surface area (TPSA) is 77.4 Å². The summed E-state index contributed by atoms with van der Waals surface area (Å²) < 4.78 is 22.1. The fourth-order valence-corrected chi connectivity index (χ4v) is 2.95. The molecule has 2 N–H and O–H groups in total. The first kappa shape index (κ1) is 25.8. The largest absolute Gasteiger partial charge is 0.504 e. The normalized spacial score (nSPS) is 12.1. The molecule has 0 aliphatic rings. The summed E-state index contributed by atoms with van der Waals surface area (Å²) in [4.78, 5) is 0. The van der Waals surface area contributed by atoms with Gasteiger partial charge in [0, 0.05) is 0 Å². The fourth-order valence-electron chi connectivity index (χ4n) is 2.95. The van der Waals surface area contributed by atoms with Crippen LogP contribution < -0.4 is 9.47 Å². The molecule has 0 amide bonds. The summed E-state index contributed by atoms with van der Waals surface area (Å²) >= 11 is 0. The van der Waals surface area contributed by atoms with Crippen molar-refractivity contribution in [1.82, 2.24) is 0 Å². The molecule has 0 aliphatic carbocycles. The second-order valence-electron chi connectivity index (χ2n) is 9.79. The Labute approximate surface area is 192 Å². The molecule has 0 unspecified atom stereocenters. The van der Waals surface area contributed by atoms with Gasteiger partial charge in [-0.1, -0.05) is 53.7 Å². The van der Waals surface area contributed by atoms with E-state index in [1.54, 1.807) is 24.3 Å². The van der Waals surface area contributed by atoms with Crippen LogP contribution in [-0.2, 0) is 20.3 Å². The lowest BCUT2D eigenvalue weighted by Gasteiger charge is -2.20. The minimum Gasteiger partial charge on any atom is -0.504 e. The summed E-state index contributed by atoms with van der Waals surface area (Å²) in [6.45, 7) is 14.9. The Morgan fingerprint density at radius 3 is 1.22 bits per heavy atom. The van der Waals surface area contributed by atoms with Crippen molar-refractivity contribution in [2.75, 3.05) is 39.6 Å². The van der Waals surface area contributed by atoms with Gasteiger partial charge in [0.1, 0.15) is 13.2 Å². The number of hydrogen-bond acceptors (Lipinski definition) is 6. The number of phenolic OH excluding ortho intramolecular Hbond substituents is 2. The molecule has 6 heteroatoms. The van der Waals surface area contributed by atoms with Crippen molar-refractivity contribution >= 4 is 0 Å². The predicted molar refractivity (Wildman–Crippen MR) is 126 cm³/mol. The smallest absolute Gasteiger partial charge is 0.161 e. The van der Waals surface area contributed by atoms with Gasteiger partial charge in [-0.3, -0.25) is 0 Å². The zero-order chi connectivity index (χ0) is 23.8. The molecule has 32 heavy (non-hydrogen) atoms. The second kappa shape index (κ2) is 11.4. The van der Waals surface area contributed by atoms with Crippen LogP contribution in [0.3, 0.4) is 0 Å². The highest BCUT2D eigenvalue weighted by atomic mass is 16.6. The molecular formula is C26H38O6. The Morgan fingerprint density at radius 1 is 0.562 bits per heavy atom. The molecule has 0 bridgehead atoms. The lowest BCUT2D eigenvalue weighted by molar-refractivity contribution is 0.0269. The van der Waals surface area contributed by atoms with Gasteiger partial charge >= 0.3 is 0 Å². The van der Waals surface area contributed by atoms with Crippen LogP contribution in [0.1, 0.15) is 52.7 Å². The zero-order valence-corrected chi connectivity index (χ0v) is 20.2. The summed E-state index contributed by atoms with van der Waals surface area (Å²) in [5, 5.41) is 20.2. The van der Waals surface area contributed by atoms with Crippen molar-refractivity contribution in [2.24, 2.45) is 0 Å². The quantitative estimate of drug-likeness (QED) is 0.463. The van der Waals surface area contributed by atoms with E-state index in [9.17, 15) is 10.2 Å². The van der Waals surface area contributed by atoms with Crippen LogP contribution in [0.2, 0.25) is 0 Å². The zero-order valence-electron chi connectivity index (χ0n) is 20.2. The third-order valence-corrected chi connectivity index (χ3v) is 4.99. The molecule has 2 aromatic rings. The molecule has 0 fully saturated rings. The van der Waals surface area contributed by atoms with Gasteiger partial charge in [0.05, 0.1) is 26.4 Å². The van der Waals surface area contributed by atoms with Gasteiger partial charge in [0.15, 0.2) is 23.0 Å². The van der Waals surface area contributed by atoms with Crippen molar-refractivity contribution in [1.29, 1.82) is 0 Å². The molecule has 2 rings (SSSR count). The van der Waals surface area contributed by atoms with Crippen LogP contribution >= 0.6 is 0 Å². The lowest BCUT2D eigenvalue weighted by Crippen LogP contribution is -2.14. The third kappa shape index (κ3) is 8.24. The first-order chi connectivity index (χ1) is 15.0. The van der Waals surface area contributed by atoms with E-state index in [1.807, 2.05) is 12.1 Å². The minimum atomic E-state index is -0.0264. The van der Waals surface area contributed by atoms with Crippen molar-refractivity contribution in [3.05, 3.63) is 47.5 Å². The van der Waals surface area contributed by atoms with Crippen LogP contribution in [0, 0.1) is 0 Å². The van der Waals surface area contributed by atoms with Crippen molar-refractivity contribution in [3.8, 4) is 23.0 Å². The Bertz CT molecular complexity index is 777.